The van der Waals surface area contributed by atoms with Crippen LogP contribution in [0.5, 0.6) is 0 Å². The molecule has 2 aliphatic rings. The summed E-state index contributed by atoms with van der Waals surface area (Å²) in [6.07, 6.45) is 0.109. The van der Waals surface area contributed by atoms with Crippen molar-refractivity contribution in [1.82, 2.24) is 0 Å². The largest absolute Gasteiger partial charge is 0.511 e. The van der Waals surface area contributed by atoms with Crippen molar-refractivity contribution in [3.05, 3.63) is 0 Å². The summed E-state index contributed by atoms with van der Waals surface area (Å²) in [6.45, 7) is 9.90. The Hall–Kier alpha value is -1.94. The van der Waals surface area contributed by atoms with Gasteiger partial charge in [-0.2, -0.15) is 0 Å². The number of nitrogens with two attached hydrogens (primary N) is 1. The molecule has 0 spiro atoms. The Morgan fingerprint density at radius 1 is 1.18 bits per heavy atom. The smallest absolute Gasteiger partial charge is 0.479 e. The fourth-order valence-corrected chi connectivity index (χ4v) is 4.83. The van der Waals surface area contributed by atoms with Crippen LogP contribution in [0.3, 0.4) is 0 Å². The Kier molecular flexibility index (Phi) is 10.1. The van der Waals surface area contributed by atoms with Crippen molar-refractivity contribution in [3.8, 4) is 0 Å². The third-order valence-corrected chi connectivity index (χ3v) is 6.91. The highest BCUT2D eigenvalue weighted by molar-refractivity contribution is 5.83. The molecule has 8 atom stereocenters. The number of carbonyl (C=O) groups excluding carboxylic acids is 2. The lowest BCUT2D eigenvalue weighted by atomic mass is 9.75. The van der Waals surface area contributed by atoms with Crippen LogP contribution in [0.15, 0.2) is 0 Å². The first-order valence-electron chi connectivity index (χ1n) is 12.3. The van der Waals surface area contributed by atoms with Gasteiger partial charge in [0.15, 0.2) is 0 Å². The van der Waals surface area contributed by atoms with E-state index in [2.05, 4.69) is 20.8 Å². The topological polar surface area (TPSA) is 134 Å². The van der Waals surface area contributed by atoms with Gasteiger partial charge in [0.05, 0.1) is 18.6 Å². The molecule has 9 nitrogen and oxygen atoms in total. The van der Waals surface area contributed by atoms with E-state index in [0.717, 1.165) is 19.3 Å². The van der Waals surface area contributed by atoms with Crippen molar-refractivity contribution in [3.63, 3.8) is 0 Å². The number of hydrogen-bond donors (Lipinski definition) is 2. The summed E-state index contributed by atoms with van der Waals surface area (Å²) >= 11 is 0. The lowest BCUT2D eigenvalue weighted by Gasteiger charge is -2.36. The van der Waals surface area contributed by atoms with Gasteiger partial charge in [-0.15, -0.1) is 0 Å². The van der Waals surface area contributed by atoms with Crippen molar-refractivity contribution < 1.29 is 42.8 Å². The van der Waals surface area contributed by atoms with Gasteiger partial charge in [0, 0.05) is 19.4 Å². The van der Waals surface area contributed by atoms with Gasteiger partial charge in [-0.05, 0) is 43.4 Å². The van der Waals surface area contributed by atoms with E-state index in [-0.39, 0.29) is 24.9 Å². The first-order chi connectivity index (χ1) is 15.9. The molecule has 0 radical (unpaired) electrons. The van der Waals surface area contributed by atoms with Crippen molar-refractivity contribution in [2.75, 3.05) is 6.61 Å². The van der Waals surface area contributed by atoms with Crippen molar-refractivity contribution in [2.45, 2.75) is 103 Å². The summed E-state index contributed by atoms with van der Waals surface area (Å²) in [7, 11) is 0. The number of carboxylic acids is 1. The average molecular weight is 490 g/mol. The van der Waals surface area contributed by atoms with Gasteiger partial charge in [-0.1, -0.05) is 34.1 Å². The second kappa shape index (κ2) is 12.2. The van der Waals surface area contributed by atoms with Gasteiger partial charge in [0.2, 0.25) is 12.0 Å². The maximum Gasteiger partial charge on any atom is 0.511 e. The highest BCUT2D eigenvalue weighted by Crippen LogP contribution is 2.49. The normalized spacial score (nSPS) is 32.5. The van der Waals surface area contributed by atoms with E-state index in [1.807, 2.05) is 6.92 Å². The van der Waals surface area contributed by atoms with Crippen LogP contribution in [0, 0.1) is 23.7 Å². The zero-order chi connectivity index (χ0) is 25.6. The van der Waals surface area contributed by atoms with E-state index in [1.165, 1.54) is 6.92 Å². The van der Waals surface area contributed by atoms with Crippen molar-refractivity contribution >= 4 is 18.1 Å². The fourth-order valence-electron chi connectivity index (χ4n) is 4.83. The molecule has 8 unspecified atom stereocenters. The van der Waals surface area contributed by atoms with E-state index >= 15 is 0 Å². The monoisotopic (exact) mass is 489 g/mol. The maximum atomic E-state index is 14.4. The Labute approximate surface area is 200 Å². The number of hydrogen-bond acceptors (Lipinski definition) is 8. The van der Waals surface area contributed by atoms with Crippen LogP contribution in [-0.4, -0.2) is 60.0 Å². The zero-order valence-corrected chi connectivity index (χ0v) is 20.8. The van der Waals surface area contributed by atoms with Gasteiger partial charge in [0.1, 0.15) is 6.10 Å². The van der Waals surface area contributed by atoms with Crippen molar-refractivity contribution in [2.24, 2.45) is 29.4 Å². The van der Waals surface area contributed by atoms with E-state index in [4.69, 9.17) is 29.8 Å². The van der Waals surface area contributed by atoms with Crippen LogP contribution in [-0.2, 0) is 28.5 Å². The summed E-state index contributed by atoms with van der Waals surface area (Å²) in [5, 5.41) is 9.06. The number of carbonyl (C=O) groups is 3. The molecule has 2 rings (SSSR count). The summed E-state index contributed by atoms with van der Waals surface area (Å²) in [4.78, 5) is 35.8. The zero-order valence-electron chi connectivity index (χ0n) is 20.8. The molecule has 10 heteroatoms. The molecule has 2 fully saturated rings. The van der Waals surface area contributed by atoms with Gasteiger partial charge >= 0.3 is 18.1 Å². The number of aliphatic carboxylic acids is 1. The second-order valence-corrected chi connectivity index (χ2v) is 10.0. The molecule has 0 aromatic carbocycles. The minimum Gasteiger partial charge on any atom is -0.479 e. The predicted molar refractivity (Wildman–Crippen MR) is 120 cm³/mol. The molecule has 2 saturated carbocycles. The molecule has 0 saturated heterocycles. The van der Waals surface area contributed by atoms with Crippen LogP contribution in [0.2, 0.25) is 0 Å². The third-order valence-electron chi connectivity index (χ3n) is 6.91. The van der Waals surface area contributed by atoms with Gasteiger partial charge in [-0.25, -0.2) is 14.0 Å². The molecule has 0 heterocycles. The number of esters is 1. The fraction of sp³-hybridized carbons (Fsp3) is 0.875. The quantitative estimate of drug-likeness (QED) is 0.310. The third kappa shape index (κ3) is 7.28. The van der Waals surface area contributed by atoms with E-state index in [1.54, 1.807) is 0 Å². The number of ether oxygens (including phenoxy) is 4. The van der Waals surface area contributed by atoms with Crippen LogP contribution in [0.4, 0.5) is 9.18 Å². The average Bonchev–Trinajstić information content (AvgIpc) is 3.26. The molecule has 3 N–H and O–H groups in total. The number of alkyl halides is 1. The summed E-state index contributed by atoms with van der Waals surface area (Å²) in [5.74, 6) is -2.22. The van der Waals surface area contributed by atoms with Crippen molar-refractivity contribution in [1.29, 1.82) is 0 Å². The Balaban J connectivity index is 1.84. The lowest BCUT2D eigenvalue weighted by molar-refractivity contribution is -0.173. The Morgan fingerprint density at radius 2 is 1.85 bits per heavy atom. The van der Waals surface area contributed by atoms with E-state index < -0.39 is 48.1 Å². The molecule has 0 aliphatic heterocycles. The molecular weight excluding hydrogens is 449 g/mol. The van der Waals surface area contributed by atoms with Gasteiger partial charge in [-0.3, -0.25) is 4.79 Å². The Bertz CT molecular complexity index is 719. The SMILES string of the molecule is CCCOC(CC(=O)OC(C)OC(=O)OC1CC(C)CCC1C(C)C)CC1C(N)C1(F)C(=O)O. The maximum absolute atomic E-state index is 14.4. The molecule has 0 aromatic rings. The Morgan fingerprint density at radius 3 is 2.41 bits per heavy atom. The highest BCUT2D eigenvalue weighted by atomic mass is 19.1. The van der Waals surface area contributed by atoms with Gasteiger partial charge < -0.3 is 29.8 Å². The first kappa shape index (κ1) is 28.3. The van der Waals surface area contributed by atoms with Crippen LogP contribution < -0.4 is 5.73 Å². The molecule has 0 bridgehead atoms. The second-order valence-electron chi connectivity index (χ2n) is 10.0. The molecule has 34 heavy (non-hydrogen) atoms. The van der Waals surface area contributed by atoms with E-state index in [0.29, 0.717) is 24.9 Å². The standard InChI is InChI=1S/C24H40FNO8/c1-6-9-31-16(11-18-21(26)24(18,25)22(28)29)12-20(27)32-15(5)33-23(30)34-19-10-14(4)7-8-17(19)13(2)3/h13-19,21H,6-12,26H2,1-5H3,(H,28,29). The van der Waals surface area contributed by atoms with Crippen LogP contribution in [0.25, 0.3) is 0 Å². The van der Waals surface area contributed by atoms with Gasteiger partial charge in [0.25, 0.3) is 0 Å². The van der Waals surface area contributed by atoms with Crippen LogP contribution in [0.1, 0.15) is 73.1 Å². The predicted octanol–water partition coefficient (Wildman–Crippen LogP) is 3.82. The lowest BCUT2D eigenvalue weighted by Crippen LogP contribution is -2.37. The number of carboxylic acid groups (broad SMARTS) is 1. The molecule has 0 amide bonds. The summed E-state index contributed by atoms with van der Waals surface area (Å²) < 4.78 is 35.8. The molecule has 2 aliphatic carbocycles. The summed E-state index contributed by atoms with van der Waals surface area (Å²) in [6, 6.07) is -1.15. The molecule has 0 aromatic heterocycles. The van der Waals surface area contributed by atoms with E-state index in [9.17, 15) is 18.8 Å². The van der Waals surface area contributed by atoms with Crippen LogP contribution >= 0.6 is 0 Å². The number of halogens is 1. The summed E-state index contributed by atoms with van der Waals surface area (Å²) in [5.41, 5.74) is 3.09. The number of rotatable bonds is 12. The minimum atomic E-state index is -2.51. The minimum absolute atomic E-state index is 0.0349. The highest BCUT2D eigenvalue weighted by Gasteiger charge is 2.70. The molecular formula is C24H40FNO8. The molecule has 196 valence electrons. The first-order valence-corrected chi connectivity index (χ1v) is 12.3.